The van der Waals surface area contributed by atoms with Crippen molar-refractivity contribution in [2.45, 2.75) is 25.4 Å². The Hall–Kier alpha value is -2.14. The van der Waals surface area contributed by atoms with E-state index in [4.69, 9.17) is 0 Å². The highest BCUT2D eigenvalue weighted by Crippen LogP contribution is 2.30. The molecule has 2 aromatic heterocycles. The van der Waals surface area contributed by atoms with Crippen molar-refractivity contribution in [2.24, 2.45) is 0 Å². The van der Waals surface area contributed by atoms with Crippen LogP contribution >= 0.6 is 15.9 Å². The minimum Gasteiger partial charge on any atom is -0.330 e. The molecule has 0 unspecified atom stereocenters. The van der Waals surface area contributed by atoms with Crippen molar-refractivity contribution in [2.75, 3.05) is 0 Å². The molecule has 116 valence electrons. The van der Waals surface area contributed by atoms with E-state index >= 15 is 0 Å². The summed E-state index contributed by atoms with van der Waals surface area (Å²) >= 11 is 3.44. The first-order valence-corrected chi connectivity index (χ1v) is 8.49. The van der Waals surface area contributed by atoms with E-state index in [1.54, 1.807) is 0 Å². The van der Waals surface area contributed by atoms with Crippen LogP contribution in [0, 0.1) is 0 Å². The maximum absolute atomic E-state index is 12.9. The maximum atomic E-state index is 12.9. The second-order valence-corrected chi connectivity index (χ2v) is 6.77. The number of carbonyl (C=O) groups is 1. The second kappa shape index (κ2) is 5.81. The molecule has 1 amide bonds. The fourth-order valence-corrected chi connectivity index (χ4v) is 3.22. The fourth-order valence-electron chi connectivity index (χ4n) is 2.82. The SMILES string of the molecule is O=C(c1cccc(Br)c1)N(Cc1cnc2ccccn12)C1CC1. The van der Waals surface area contributed by atoms with Gasteiger partial charge in [0.1, 0.15) is 5.65 Å². The lowest BCUT2D eigenvalue weighted by Crippen LogP contribution is -2.33. The predicted octanol–water partition coefficient (Wildman–Crippen LogP) is 3.90. The van der Waals surface area contributed by atoms with Gasteiger partial charge in [0, 0.05) is 22.3 Å². The van der Waals surface area contributed by atoms with Crippen LogP contribution in [0.15, 0.2) is 59.3 Å². The molecule has 1 fully saturated rings. The quantitative estimate of drug-likeness (QED) is 0.699. The van der Waals surface area contributed by atoms with Crippen molar-refractivity contribution in [3.63, 3.8) is 0 Å². The van der Waals surface area contributed by atoms with Crippen molar-refractivity contribution in [1.82, 2.24) is 14.3 Å². The van der Waals surface area contributed by atoms with Gasteiger partial charge in [-0.3, -0.25) is 4.79 Å². The Labute approximate surface area is 142 Å². The fraction of sp³-hybridized carbons (Fsp3) is 0.222. The molecule has 1 aromatic carbocycles. The molecule has 0 radical (unpaired) electrons. The zero-order chi connectivity index (χ0) is 15.8. The third-order valence-corrected chi connectivity index (χ3v) is 4.64. The summed E-state index contributed by atoms with van der Waals surface area (Å²) in [5.41, 5.74) is 2.67. The Bertz CT molecular complexity index is 869. The van der Waals surface area contributed by atoms with Crippen LogP contribution in [0.1, 0.15) is 28.9 Å². The standard InChI is InChI=1S/C18H16BrN3O/c19-14-5-3-4-13(10-14)18(23)22(15-7-8-15)12-16-11-20-17-6-1-2-9-21(16)17/h1-6,9-11,15H,7-8,12H2. The van der Waals surface area contributed by atoms with E-state index < -0.39 is 0 Å². The Kier molecular flexibility index (Phi) is 3.65. The van der Waals surface area contributed by atoms with Gasteiger partial charge >= 0.3 is 0 Å². The van der Waals surface area contributed by atoms with Crippen LogP contribution in [0.2, 0.25) is 0 Å². The number of carbonyl (C=O) groups excluding carboxylic acids is 1. The van der Waals surface area contributed by atoms with Crippen LogP contribution in [0.25, 0.3) is 5.65 Å². The molecule has 0 saturated heterocycles. The van der Waals surface area contributed by atoms with Crippen molar-refractivity contribution in [3.05, 3.63) is 70.6 Å². The summed E-state index contributed by atoms with van der Waals surface area (Å²) in [5, 5.41) is 0. The zero-order valence-corrected chi connectivity index (χ0v) is 14.1. The maximum Gasteiger partial charge on any atom is 0.254 e. The Morgan fingerprint density at radius 2 is 2.13 bits per heavy atom. The van der Waals surface area contributed by atoms with Crippen molar-refractivity contribution >= 4 is 27.5 Å². The Morgan fingerprint density at radius 3 is 2.91 bits per heavy atom. The highest BCUT2D eigenvalue weighted by Gasteiger charge is 2.33. The molecule has 4 nitrogen and oxygen atoms in total. The number of fused-ring (bicyclic) bond motifs is 1. The van der Waals surface area contributed by atoms with Gasteiger partial charge in [0.25, 0.3) is 5.91 Å². The number of nitrogens with zero attached hydrogens (tertiary/aromatic N) is 3. The molecule has 0 N–H and O–H groups in total. The van der Waals surface area contributed by atoms with E-state index in [2.05, 4.69) is 20.9 Å². The monoisotopic (exact) mass is 369 g/mol. The average molecular weight is 370 g/mol. The number of amides is 1. The van der Waals surface area contributed by atoms with Gasteiger partial charge in [-0.2, -0.15) is 0 Å². The molecule has 1 saturated carbocycles. The lowest BCUT2D eigenvalue weighted by molar-refractivity contribution is 0.0727. The summed E-state index contributed by atoms with van der Waals surface area (Å²) in [7, 11) is 0. The van der Waals surface area contributed by atoms with Gasteiger partial charge in [0.2, 0.25) is 0 Å². The average Bonchev–Trinajstić information content (AvgIpc) is 3.33. The minimum atomic E-state index is 0.0830. The van der Waals surface area contributed by atoms with E-state index in [-0.39, 0.29) is 5.91 Å². The second-order valence-electron chi connectivity index (χ2n) is 5.85. The molecule has 3 aromatic rings. The smallest absolute Gasteiger partial charge is 0.254 e. The number of benzene rings is 1. The largest absolute Gasteiger partial charge is 0.330 e. The first-order chi connectivity index (χ1) is 11.2. The number of imidazole rings is 1. The topological polar surface area (TPSA) is 37.6 Å². The molecule has 5 heteroatoms. The first kappa shape index (κ1) is 14.5. The molecule has 1 aliphatic rings. The van der Waals surface area contributed by atoms with Gasteiger partial charge in [0.15, 0.2) is 0 Å². The number of rotatable bonds is 4. The predicted molar refractivity (Wildman–Crippen MR) is 92.2 cm³/mol. The van der Waals surface area contributed by atoms with Gasteiger partial charge < -0.3 is 9.30 Å². The van der Waals surface area contributed by atoms with Crippen molar-refractivity contribution in [1.29, 1.82) is 0 Å². The molecule has 2 heterocycles. The van der Waals surface area contributed by atoms with Crippen LogP contribution in [0.3, 0.4) is 0 Å². The van der Waals surface area contributed by atoms with Crippen LogP contribution in [-0.2, 0) is 6.54 Å². The van der Waals surface area contributed by atoms with Crippen molar-refractivity contribution < 1.29 is 4.79 Å². The normalized spacial score (nSPS) is 14.1. The van der Waals surface area contributed by atoms with Gasteiger partial charge in [-0.15, -0.1) is 0 Å². The molecule has 1 aliphatic carbocycles. The van der Waals surface area contributed by atoms with Crippen LogP contribution in [0.5, 0.6) is 0 Å². The number of hydrogen-bond acceptors (Lipinski definition) is 2. The van der Waals surface area contributed by atoms with Crippen LogP contribution in [-0.4, -0.2) is 26.2 Å². The highest BCUT2D eigenvalue weighted by atomic mass is 79.9. The van der Waals surface area contributed by atoms with E-state index in [0.717, 1.165) is 34.2 Å². The van der Waals surface area contributed by atoms with Gasteiger partial charge in [0.05, 0.1) is 18.4 Å². The van der Waals surface area contributed by atoms with E-state index in [0.29, 0.717) is 12.6 Å². The zero-order valence-electron chi connectivity index (χ0n) is 12.5. The molecular formula is C18H16BrN3O. The number of hydrogen-bond donors (Lipinski definition) is 0. The summed E-state index contributed by atoms with van der Waals surface area (Å²) in [6, 6.07) is 13.9. The Morgan fingerprint density at radius 1 is 1.26 bits per heavy atom. The molecule has 0 aliphatic heterocycles. The highest BCUT2D eigenvalue weighted by molar-refractivity contribution is 9.10. The lowest BCUT2D eigenvalue weighted by atomic mass is 10.2. The van der Waals surface area contributed by atoms with Crippen LogP contribution < -0.4 is 0 Å². The summed E-state index contributed by atoms with van der Waals surface area (Å²) < 4.78 is 2.97. The van der Waals surface area contributed by atoms with Crippen LogP contribution in [0.4, 0.5) is 0 Å². The molecule has 0 atom stereocenters. The number of aromatic nitrogens is 2. The Balaban J connectivity index is 1.65. The van der Waals surface area contributed by atoms with Crippen molar-refractivity contribution in [3.8, 4) is 0 Å². The summed E-state index contributed by atoms with van der Waals surface area (Å²) in [5.74, 6) is 0.0830. The number of pyridine rings is 1. The third-order valence-electron chi connectivity index (χ3n) is 4.15. The minimum absolute atomic E-state index is 0.0830. The number of halogens is 1. The summed E-state index contributed by atoms with van der Waals surface area (Å²) in [6.45, 7) is 0.585. The summed E-state index contributed by atoms with van der Waals surface area (Å²) in [4.78, 5) is 19.3. The lowest BCUT2D eigenvalue weighted by Gasteiger charge is -2.22. The molecule has 4 rings (SSSR count). The van der Waals surface area contributed by atoms with E-state index in [1.165, 1.54) is 0 Å². The molecule has 0 spiro atoms. The van der Waals surface area contributed by atoms with Gasteiger partial charge in [-0.1, -0.05) is 28.1 Å². The third kappa shape index (κ3) is 2.88. The summed E-state index contributed by atoms with van der Waals surface area (Å²) in [6.07, 6.45) is 6.01. The molecule has 23 heavy (non-hydrogen) atoms. The molecular weight excluding hydrogens is 354 g/mol. The molecule has 0 bridgehead atoms. The van der Waals surface area contributed by atoms with Gasteiger partial charge in [-0.05, 0) is 43.2 Å². The van der Waals surface area contributed by atoms with Gasteiger partial charge in [-0.25, -0.2) is 4.98 Å². The van der Waals surface area contributed by atoms with E-state index in [1.807, 2.05) is 64.2 Å². The van der Waals surface area contributed by atoms with E-state index in [9.17, 15) is 4.79 Å². The first-order valence-electron chi connectivity index (χ1n) is 7.70.